The third-order valence-electron chi connectivity index (χ3n) is 2.73. The lowest BCUT2D eigenvalue weighted by atomic mass is 10.0. The van der Waals surface area contributed by atoms with Gasteiger partial charge in [0.2, 0.25) is 0 Å². The summed E-state index contributed by atoms with van der Waals surface area (Å²) in [6.45, 7) is 0. The van der Waals surface area contributed by atoms with Crippen LogP contribution in [0.2, 0.25) is 0 Å². The summed E-state index contributed by atoms with van der Waals surface area (Å²) in [4.78, 5) is 0. The average Bonchev–Trinajstić information content (AvgIpc) is 2.87. The predicted molar refractivity (Wildman–Crippen MR) is 71.7 cm³/mol. The van der Waals surface area contributed by atoms with Gasteiger partial charge < -0.3 is 9.43 Å². The molecule has 1 aromatic heterocycles. The molecule has 0 aliphatic carbocycles. The molecule has 0 aliphatic heterocycles. The van der Waals surface area contributed by atoms with Gasteiger partial charge in [0.1, 0.15) is 5.76 Å². The van der Waals surface area contributed by atoms with E-state index >= 15 is 0 Å². The number of hydrogen-bond acceptors (Lipinski definition) is 3. The second-order valence-corrected chi connectivity index (χ2v) is 4.20. The molecule has 3 nitrogen and oxygen atoms in total. The number of hydrogen-bond donors (Lipinski definition) is 1. The number of benzene rings is 1. The van der Waals surface area contributed by atoms with Crippen molar-refractivity contribution < 1.29 is 17.6 Å². The fraction of sp³-hybridized carbons (Fsp3) is 0.143. The lowest BCUT2D eigenvalue weighted by Gasteiger charge is -2.19. The molecule has 0 radical (unpaired) electrons. The third kappa shape index (κ3) is 3.03. The van der Waals surface area contributed by atoms with Crippen molar-refractivity contribution in [1.82, 2.24) is 0 Å². The molecule has 0 amide bonds. The third-order valence-corrected chi connectivity index (χ3v) is 2.73. The summed E-state index contributed by atoms with van der Waals surface area (Å²) in [5.74, 6) is 6.05. The fourth-order valence-electron chi connectivity index (χ4n) is 1.83. The second kappa shape index (κ2) is 5.42. The van der Waals surface area contributed by atoms with Gasteiger partial charge in [0, 0.05) is 12.6 Å². The summed E-state index contributed by atoms with van der Waals surface area (Å²) in [5, 5.41) is 1.15. The zero-order valence-corrected chi connectivity index (χ0v) is 10.7. The van der Waals surface area contributed by atoms with E-state index in [4.69, 9.17) is 10.3 Å². The molecule has 2 aromatic rings. The van der Waals surface area contributed by atoms with Crippen LogP contribution in [0.3, 0.4) is 0 Å². The zero-order valence-electron chi connectivity index (χ0n) is 10.7. The minimum Gasteiger partial charge on any atom is -0.465 e. The average molecular weight is 282 g/mol. The van der Waals surface area contributed by atoms with E-state index in [-0.39, 0.29) is 11.3 Å². The number of furan rings is 1. The number of halogens is 3. The van der Waals surface area contributed by atoms with Crippen LogP contribution in [0.15, 0.2) is 41.0 Å². The highest BCUT2D eigenvalue weighted by atomic mass is 19.4. The first-order valence-corrected chi connectivity index (χ1v) is 5.80. The molecule has 1 aromatic carbocycles. The highest BCUT2D eigenvalue weighted by Gasteiger charge is 2.33. The van der Waals surface area contributed by atoms with E-state index in [0.29, 0.717) is 5.76 Å². The van der Waals surface area contributed by atoms with Crippen molar-refractivity contribution in [3.05, 3.63) is 53.5 Å². The maximum Gasteiger partial charge on any atom is 0.417 e. The number of hydrazine groups is 1. The van der Waals surface area contributed by atoms with Crippen molar-refractivity contribution in [2.45, 2.75) is 6.18 Å². The van der Waals surface area contributed by atoms with Crippen LogP contribution < -0.4 is 10.9 Å². The SMILES string of the molecule is CN(N)c1cccc(C(F)(F)F)c1/C=C/c1ccco1. The van der Waals surface area contributed by atoms with E-state index in [1.165, 1.54) is 37.6 Å². The second-order valence-electron chi connectivity index (χ2n) is 4.20. The Morgan fingerprint density at radius 2 is 1.90 bits per heavy atom. The molecule has 6 heteroatoms. The summed E-state index contributed by atoms with van der Waals surface area (Å²) in [6, 6.07) is 7.18. The molecule has 0 saturated heterocycles. The molecule has 106 valence electrons. The van der Waals surface area contributed by atoms with Crippen LogP contribution in [0.5, 0.6) is 0 Å². The molecular weight excluding hydrogens is 269 g/mol. The van der Waals surface area contributed by atoms with E-state index in [1.807, 2.05) is 0 Å². The van der Waals surface area contributed by atoms with E-state index in [0.717, 1.165) is 11.1 Å². The van der Waals surface area contributed by atoms with Crippen LogP contribution in [-0.2, 0) is 6.18 Å². The Bertz CT molecular complexity index is 601. The molecule has 0 unspecified atom stereocenters. The van der Waals surface area contributed by atoms with Gasteiger partial charge in [-0.3, -0.25) is 0 Å². The van der Waals surface area contributed by atoms with Gasteiger partial charge >= 0.3 is 6.18 Å². The smallest absolute Gasteiger partial charge is 0.417 e. The maximum absolute atomic E-state index is 13.0. The molecule has 1 heterocycles. The monoisotopic (exact) mass is 282 g/mol. The summed E-state index contributed by atoms with van der Waals surface area (Å²) in [6.07, 6.45) is -0.182. The molecule has 0 fully saturated rings. The normalized spacial score (nSPS) is 12.1. The van der Waals surface area contributed by atoms with Gasteiger partial charge in [0.15, 0.2) is 0 Å². The Morgan fingerprint density at radius 3 is 2.45 bits per heavy atom. The number of rotatable bonds is 3. The molecule has 0 spiro atoms. The molecule has 0 atom stereocenters. The first kappa shape index (κ1) is 14.2. The molecule has 0 saturated carbocycles. The van der Waals surface area contributed by atoms with Gasteiger partial charge in [0.05, 0.1) is 17.5 Å². The highest BCUT2D eigenvalue weighted by molar-refractivity contribution is 5.78. The highest BCUT2D eigenvalue weighted by Crippen LogP contribution is 2.36. The van der Waals surface area contributed by atoms with Crippen LogP contribution in [0.1, 0.15) is 16.9 Å². The van der Waals surface area contributed by atoms with E-state index in [2.05, 4.69) is 0 Å². The number of alkyl halides is 3. The van der Waals surface area contributed by atoms with Crippen molar-refractivity contribution in [3.63, 3.8) is 0 Å². The first-order chi connectivity index (χ1) is 9.39. The van der Waals surface area contributed by atoms with Crippen LogP contribution in [0, 0.1) is 0 Å². The lowest BCUT2D eigenvalue weighted by Crippen LogP contribution is -2.26. The fourth-order valence-corrected chi connectivity index (χ4v) is 1.83. The van der Waals surface area contributed by atoms with Crippen molar-refractivity contribution >= 4 is 17.8 Å². The Labute approximate surface area is 114 Å². The van der Waals surface area contributed by atoms with Crippen LogP contribution >= 0.6 is 0 Å². The van der Waals surface area contributed by atoms with Gasteiger partial charge in [-0.15, -0.1) is 0 Å². The molecule has 20 heavy (non-hydrogen) atoms. The molecule has 2 N–H and O–H groups in total. The van der Waals surface area contributed by atoms with Crippen molar-refractivity contribution in [3.8, 4) is 0 Å². The largest absolute Gasteiger partial charge is 0.465 e. The lowest BCUT2D eigenvalue weighted by molar-refractivity contribution is -0.137. The summed E-state index contributed by atoms with van der Waals surface area (Å²) < 4.78 is 44.2. The predicted octanol–water partition coefficient (Wildman–Crippen LogP) is 3.78. The van der Waals surface area contributed by atoms with E-state index < -0.39 is 11.7 Å². The standard InChI is InChI=1S/C14H13F3N2O/c1-19(18)13-6-2-5-12(14(15,16)17)11(13)8-7-10-4-3-9-20-10/h2-9H,18H2,1H3/b8-7+. The van der Waals surface area contributed by atoms with Crippen molar-refractivity contribution in [2.75, 3.05) is 12.1 Å². The van der Waals surface area contributed by atoms with Gasteiger partial charge in [-0.1, -0.05) is 6.07 Å². The summed E-state index contributed by atoms with van der Waals surface area (Å²) in [5.41, 5.74) is -0.459. The number of nitrogens with zero attached hydrogens (tertiary/aromatic N) is 1. The maximum atomic E-state index is 13.0. The Hall–Kier alpha value is -2.21. The molecule has 2 rings (SSSR count). The Morgan fingerprint density at radius 1 is 1.15 bits per heavy atom. The van der Waals surface area contributed by atoms with Crippen LogP contribution in [-0.4, -0.2) is 7.05 Å². The Kier molecular flexibility index (Phi) is 3.85. The molecule has 0 bridgehead atoms. The zero-order chi connectivity index (χ0) is 14.8. The van der Waals surface area contributed by atoms with Crippen molar-refractivity contribution in [1.29, 1.82) is 0 Å². The molecule has 0 aliphatic rings. The van der Waals surface area contributed by atoms with E-state index in [9.17, 15) is 13.2 Å². The summed E-state index contributed by atoms with van der Waals surface area (Å²) in [7, 11) is 1.49. The molecular formula is C14H13F3N2O. The van der Waals surface area contributed by atoms with Crippen LogP contribution in [0.4, 0.5) is 18.9 Å². The van der Waals surface area contributed by atoms with Gasteiger partial charge in [0.25, 0.3) is 0 Å². The quantitative estimate of drug-likeness (QED) is 0.688. The van der Waals surface area contributed by atoms with Crippen LogP contribution in [0.25, 0.3) is 12.2 Å². The van der Waals surface area contributed by atoms with Crippen molar-refractivity contribution in [2.24, 2.45) is 5.84 Å². The Balaban J connectivity index is 2.52. The minimum absolute atomic E-state index is 0.00130. The number of nitrogens with two attached hydrogens (primary N) is 1. The van der Waals surface area contributed by atoms with Gasteiger partial charge in [-0.05, 0) is 36.4 Å². The minimum atomic E-state index is -4.45. The van der Waals surface area contributed by atoms with Gasteiger partial charge in [-0.2, -0.15) is 13.2 Å². The topological polar surface area (TPSA) is 42.4 Å². The van der Waals surface area contributed by atoms with E-state index in [1.54, 1.807) is 12.1 Å². The number of anilines is 1. The van der Waals surface area contributed by atoms with Gasteiger partial charge in [-0.25, -0.2) is 5.84 Å². The first-order valence-electron chi connectivity index (χ1n) is 5.80. The summed E-state index contributed by atoms with van der Waals surface area (Å²) >= 11 is 0.